The maximum Gasteiger partial charge on any atom is 0.338 e. The lowest BCUT2D eigenvalue weighted by atomic mass is 10.1. The molecule has 0 aromatic heterocycles. The maximum atomic E-state index is 14.1. The number of rotatable bonds is 6. The van der Waals surface area contributed by atoms with Crippen LogP contribution in [0.3, 0.4) is 0 Å². The van der Waals surface area contributed by atoms with Gasteiger partial charge >= 0.3 is 5.97 Å². The number of esters is 1. The molecule has 8 nitrogen and oxygen atoms in total. The van der Waals surface area contributed by atoms with Gasteiger partial charge in [-0.3, -0.25) is 4.79 Å². The Labute approximate surface area is 197 Å². The van der Waals surface area contributed by atoms with E-state index in [9.17, 15) is 22.4 Å². The van der Waals surface area contributed by atoms with Gasteiger partial charge in [-0.25, -0.2) is 17.6 Å². The van der Waals surface area contributed by atoms with Crippen molar-refractivity contribution in [1.29, 1.82) is 0 Å². The van der Waals surface area contributed by atoms with Gasteiger partial charge in [0.25, 0.3) is 5.91 Å². The summed E-state index contributed by atoms with van der Waals surface area (Å²) < 4.78 is 51.2. The van der Waals surface area contributed by atoms with Gasteiger partial charge < -0.3 is 19.3 Å². The van der Waals surface area contributed by atoms with Crippen molar-refractivity contribution in [1.82, 2.24) is 4.90 Å². The highest BCUT2D eigenvalue weighted by molar-refractivity contribution is 7.96. The molecule has 34 heavy (non-hydrogen) atoms. The van der Waals surface area contributed by atoms with E-state index in [1.165, 1.54) is 16.0 Å². The standard InChI is InChI=1S/C24H25FN2O6S/c1-2-3-12-33-24(29)17-4-7-19(8-5-17)27-16-22(23(28)26-10-13-32-14-11-26)34(30,31)21-9-6-18(25)15-20(21)27/h4-9,15-16H,2-3,10-14H2,1H3. The number of sulfone groups is 1. The molecule has 180 valence electrons. The molecule has 0 unspecified atom stereocenters. The van der Waals surface area contributed by atoms with Crippen LogP contribution in [-0.2, 0) is 24.1 Å². The number of nitrogens with zero attached hydrogens (tertiary/aromatic N) is 2. The fourth-order valence-corrected chi connectivity index (χ4v) is 5.26. The van der Waals surface area contributed by atoms with Crippen LogP contribution in [0, 0.1) is 5.82 Å². The summed E-state index contributed by atoms with van der Waals surface area (Å²) in [7, 11) is -4.18. The van der Waals surface area contributed by atoms with Gasteiger partial charge in [-0.1, -0.05) is 13.3 Å². The summed E-state index contributed by atoms with van der Waals surface area (Å²) >= 11 is 0. The largest absolute Gasteiger partial charge is 0.462 e. The van der Waals surface area contributed by atoms with Gasteiger partial charge in [0.1, 0.15) is 5.82 Å². The lowest BCUT2D eigenvalue weighted by Gasteiger charge is -2.32. The van der Waals surface area contributed by atoms with Crippen molar-refractivity contribution >= 4 is 33.1 Å². The third-order valence-corrected chi connectivity index (χ3v) is 7.41. The molecular formula is C24H25FN2O6S. The number of benzene rings is 2. The lowest BCUT2D eigenvalue weighted by Crippen LogP contribution is -2.43. The zero-order valence-electron chi connectivity index (χ0n) is 18.7. The number of morpholine rings is 1. The van der Waals surface area contributed by atoms with E-state index in [0.29, 0.717) is 31.1 Å². The van der Waals surface area contributed by atoms with Crippen molar-refractivity contribution in [2.24, 2.45) is 0 Å². The first-order valence-electron chi connectivity index (χ1n) is 11.0. The minimum absolute atomic E-state index is 0.0804. The summed E-state index contributed by atoms with van der Waals surface area (Å²) in [5, 5.41) is 0. The van der Waals surface area contributed by atoms with E-state index in [1.54, 1.807) is 24.3 Å². The predicted octanol–water partition coefficient (Wildman–Crippen LogP) is 3.41. The molecule has 2 aliphatic heterocycles. The van der Waals surface area contributed by atoms with Crippen LogP contribution in [0.5, 0.6) is 0 Å². The van der Waals surface area contributed by atoms with Crippen molar-refractivity contribution in [3.05, 3.63) is 65.0 Å². The quantitative estimate of drug-likeness (QED) is 0.350. The molecule has 0 radical (unpaired) electrons. The van der Waals surface area contributed by atoms with Gasteiger partial charge in [-0.2, -0.15) is 0 Å². The average molecular weight is 489 g/mol. The van der Waals surface area contributed by atoms with E-state index in [2.05, 4.69) is 0 Å². The van der Waals surface area contributed by atoms with E-state index in [4.69, 9.17) is 9.47 Å². The lowest BCUT2D eigenvalue weighted by molar-refractivity contribution is -0.130. The molecule has 2 aromatic carbocycles. The molecule has 0 atom stereocenters. The second-order valence-corrected chi connectivity index (χ2v) is 9.81. The van der Waals surface area contributed by atoms with E-state index in [-0.39, 0.29) is 23.7 Å². The van der Waals surface area contributed by atoms with E-state index in [0.717, 1.165) is 31.0 Å². The number of anilines is 2. The summed E-state index contributed by atoms with van der Waals surface area (Å²) in [6.45, 7) is 3.51. The van der Waals surface area contributed by atoms with Gasteiger partial charge in [-0.05, 0) is 48.9 Å². The van der Waals surface area contributed by atoms with E-state index in [1.807, 2.05) is 6.92 Å². The molecule has 1 amide bonds. The van der Waals surface area contributed by atoms with Crippen LogP contribution in [0.15, 0.2) is 58.5 Å². The molecule has 10 heteroatoms. The molecule has 2 aliphatic rings. The highest BCUT2D eigenvalue weighted by Crippen LogP contribution is 2.40. The minimum Gasteiger partial charge on any atom is -0.462 e. The van der Waals surface area contributed by atoms with Crippen molar-refractivity contribution in [3.63, 3.8) is 0 Å². The Morgan fingerprint density at radius 2 is 1.79 bits per heavy atom. The maximum absolute atomic E-state index is 14.1. The Kier molecular flexibility index (Phi) is 6.99. The number of halogens is 1. The fourth-order valence-electron chi connectivity index (χ4n) is 3.74. The molecule has 0 saturated carbocycles. The number of fused-ring (bicyclic) bond motifs is 1. The highest BCUT2D eigenvalue weighted by Gasteiger charge is 2.38. The van der Waals surface area contributed by atoms with Gasteiger partial charge in [0, 0.05) is 25.0 Å². The Morgan fingerprint density at radius 1 is 1.09 bits per heavy atom. The summed E-state index contributed by atoms with van der Waals surface area (Å²) in [6, 6.07) is 9.59. The zero-order chi connectivity index (χ0) is 24.3. The van der Waals surface area contributed by atoms with Crippen LogP contribution < -0.4 is 4.90 Å². The van der Waals surface area contributed by atoms with Gasteiger partial charge in [-0.15, -0.1) is 0 Å². The topological polar surface area (TPSA) is 93.2 Å². The van der Waals surface area contributed by atoms with Crippen LogP contribution in [0.25, 0.3) is 0 Å². The number of ether oxygens (including phenoxy) is 2. The molecule has 0 aliphatic carbocycles. The molecule has 1 fully saturated rings. The summed E-state index contributed by atoms with van der Waals surface area (Å²) in [4.78, 5) is 27.7. The molecule has 0 bridgehead atoms. The Morgan fingerprint density at radius 3 is 2.47 bits per heavy atom. The number of amides is 1. The molecule has 2 aromatic rings. The number of carbonyl (C=O) groups is 2. The number of hydrogen-bond donors (Lipinski definition) is 0. The summed E-state index contributed by atoms with van der Waals surface area (Å²) in [5.41, 5.74) is 0.869. The van der Waals surface area contributed by atoms with Crippen LogP contribution in [-0.4, -0.2) is 58.1 Å². The number of hydrogen-bond acceptors (Lipinski definition) is 7. The van der Waals surface area contributed by atoms with Crippen molar-refractivity contribution in [2.75, 3.05) is 37.8 Å². The van der Waals surface area contributed by atoms with Gasteiger partial charge in [0.15, 0.2) is 4.91 Å². The van der Waals surface area contributed by atoms with E-state index < -0.39 is 32.4 Å². The zero-order valence-corrected chi connectivity index (χ0v) is 19.5. The molecule has 0 spiro atoms. The minimum atomic E-state index is -4.18. The van der Waals surface area contributed by atoms with Gasteiger partial charge in [0.2, 0.25) is 9.84 Å². The first kappa shape index (κ1) is 23.9. The van der Waals surface area contributed by atoms with Crippen LogP contribution in [0.4, 0.5) is 15.8 Å². The summed E-state index contributed by atoms with van der Waals surface area (Å²) in [6.07, 6.45) is 2.88. The monoisotopic (exact) mass is 488 g/mol. The van der Waals surface area contributed by atoms with Gasteiger partial charge in [0.05, 0.1) is 36.0 Å². The predicted molar refractivity (Wildman–Crippen MR) is 123 cm³/mol. The van der Waals surface area contributed by atoms with Crippen molar-refractivity contribution in [2.45, 2.75) is 24.7 Å². The number of carbonyl (C=O) groups excluding carboxylic acids is 2. The first-order valence-corrected chi connectivity index (χ1v) is 12.5. The first-order chi connectivity index (χ1) is 16.3. The Hall–Kier alpha value is -3.24. The second-order valence-electron chi connectivity index (χ2n) is 7.92. The third kappa shape index (κ3) is 4.69. The third-order valence-electron chi connectivity index (χ3n) is 5.63. The normalized spacial score (nSPS) is 17.1. The molecule has 0 N–H and O–H groups in total. The molecular weight excluding hydrogens is 463 g/mol. The van der Waals surface area contributed by atoms with Crippen LogP contribution in [0.1, 0.15) is 30.1 Å². The molecule has 4 rings (SSSR count). The van der Waals surface area contributed by atoms with Crippen molar-refractivity contribution in [3.8, 4) is 0 Å². The fraction of sp³-hybridized carbons (Fsp3) is 0.333. The average Bonchev–Trinajstić information content (AvgIpc) is 2.84. The molecule has 2 heterocycles. The number of unbranched alkanes of at least 4 members (excludes halogenated alkanes) is 1. The molecule has 1 saturated heterocycles. The Bertz CT molecular complexity index is 1220. The second kappa shape index (κ2) is 9.94. The van der Waals surface area contributed by atoms with Crippen LogP contribution >= 0.6 is 0 Å². The van der Waals surface area contributed by atoms with E-state index >= 15 is 0 Å². The highest BCUT2D eigenvalue weighted by atomic mass is 32.2. The smallest absolute Gasteiger partial charge is 0.338 e. The van der Waals surface area contributed by atoms with Crippen LogP contribution in [0.2, 0.25) is 0 Å². The Balaban J connectivity index is 1.72. The SMILES string of the molecule is CCCCOC(=O)c1ccc(N2C=C(C(=O)N3CCOCC3)S(=O)(=O)c3ccc(F)cc32)cc1. The summed E-state index contributed by atoms with van der Waals surface area (Å²) in [5.74, 6) is -1.72. The van der Waals surface area contributed by atoms with Crippen molar-refractivity contribution < 1.29 is 31.9 Å².